The number of thioether (sulfide) groups is 1. The van der Waals surface area contributed by atoms with Gasteiger partial charge in [-0.15, -0.1) is 11.8 Å². The molecule has 4 nitrogen and oxygen atoms in total. The Balaban J connectivity index is 2.88. The Labute approximate surface area is 118 Å². The van der Waals surface area contributed by atoms with Gasteiger partial charge in [0.05, 0.1) is 12.5 Å². The highest BCUT2D eigenvalue weighted by atomic mass is 32.2. The molecular formula is C14H21NO3S. The van der Waals surface area contributed by atoms with Crippen LogP contribution in [0, 0.1) is 5.41 Å². The average Bonchev–Trinajstić information content (AvgIpc) is 2.42. The van der Waals surface area contributed by atoms with Crippen LogP contribution in [0.4, 0.5) is 5.69 Å². The molecule has 0 saturated heterocycles. The molecule has 0 atom stereocenters. The first-order valence-corrected chi connectivity index (χ1v) is 7.27. The normalized spacial score (nSPS) is 11.3. The summed E-state index contributed by atoms with van der Waals surface area (Å²) in [4.78, 5) is 12.3. The van der Waals surface area contributed by atoms with Gasteiger partial charge in [-0.1, -0.05) is 13.8 Å². The molecule has 0 bridgehead atoms. The molecule has 0 aromatic heterocycles. The Kier molecular flexibility index (Phi) is 5.54. The third-order valence-corrected chi connectivity index (χ3v) is 4.89. The summed E-state index contributed by atoms with van der Waals surface area (Å²) in [6.45, 7) is 3.82. The van der Waals surface area contributed by atoms with Crippen molar-refractivity contribution in [2.75, 3.05) is 18.6 Å². The smallest absolute Gasteiger partial charge is 0.310 e. The number of carboxylic acids is 1. The first-order valence-electron chi connectivity index (χ1n) is 6.28. The second-order valence-electron chi connectivity index (χ2n) is 4.49. The van der Waals surface area contributed by atoms with Gasteiger partial charge in [-0.3, -0.25) is 4.79 Å². The van der Waals surface area contributed by atoms with E-state index in [2.05, 4.69) is 0 Å². The van der Waals surface area contributed by atoms with Gasteiger partial charge < -0.3 is 15.6 Å². The fourth-order valence-electron chi connectivity index (χ4n) is 1.80. The van der Waals surface area contributed by atoms with E-state index < -0.39 is 11.4 Å². The van der Waals surface area contributed by atoms with E-state index in [-0.39, 0.29) is 0 Å². The van der Waals surface area contributed by atoms with Crippen LogP contribution in [0.15, 0.2) is 23.1 Å². The summed E-state index contributed by atoms with van der Waals surface area (Å²) in [7, 11) is 1.60. The molecule has 0 aliphatic rings. The lowest BCUT2D eigenvalue weighted by Gasteiger charge is -2.26. The van der Waals surface area contributed by atoms with Crippen molar-refractivity contribution in [1.82, 2.24) is 0 Å². The molecule has 0 unspecified atom stereocenters. The minimum absolute atomic E-state index is 0.507. The summed E-state index contributed by atoms with van der Waals surface area (Å²) < 4.78 is 5.16. The minimum atomic E-state index is -0.744. The van der Waals surface area contributed by atoms with Crippen LogP contribution in [-0.2, 0) is 4.79 Å². The van der Waals surface area contributed by atoms with E-state index in [0.717, 1.165) is 10.6 Å². The molecule has 19 heavy (non-hydrogen) atoms. The standard InChI is InChI=1S/C14H21NO3S/c1-4-14(5-2,13(16)17)9-19-12-8-10(18-3)6-7-11(12)15/h6-8H,4-5,9,15H2,1-3H3,(H,16,17). The summed E-state index contributed by atoms with van der Waals surface area (Å²) in [6, 6.07) is 5.42. The molecule has 0 aliphatic carbocycles. The molecule has 0 fully saturated rings. The third kappa shape index (κ3) is 3.56. The molecule has 106 valence electrons. The Morgan fingerprint density at radius 3 is 2.53 bits per heavy atom. The number of nitrogens with two attached hydrogens (primary N) is 1. The van der Waals surface area contributed by atoms with Crippen LogP contribution in [-0.4, -0.2) is 23.9 Å². The molecule has 1 aromatic rings. The Hall–Kier alpha value is -1.36. The fourth-order valence-corrected chi connectivity index (χ4v) is 3.20. The number of anilines is 1. The Bertz CT molecular complexity index is 444. The van der Waals surface area contributed by atoms with Crippen molar-refractivity contribution in [2.24, 2.45) is 5.41 Å². The van der Waals surface area contributed by atoms with Gasteiger partial charge in [-0.25, -0.2) is 0 Å². The lowest BCUT2D eigenvalue weighted by molar-refractivity contribution is -0.147. The summed E-state index contributed by atoms with van der Waals surface area (Å²) in [6.07, 6.45) is 1.21. The van der Waals surface area contributed by atoms with Gasteiger partial charge in [-0.2, -0.15) is 0 Å². The molecular weight excluding hydrogens is 262 g/mol. The zero-order valence-electron chi connectivity index (χ0n) is 11.6. The second kappa shape index (κ2) is 6.70. The van der Waals surface area contributed by atoms with Gasteiger partial charge in [-0.05, 0) is 31.0 Å². The van der Waals surface area contributed by atoms with Crippen LogP contribution in [0.2, 0.25) is 0 Å². The number of aliphatic carboxylic acids is 1. The number of nitrogen functional groups attached to an aromatic ring is 1. The summed E-state index contributed by atoms with van der Waals surface area (Å²) in [5.74, 6) is 0.490. The van der Waals surface area contributed by atoms with E-state index in [1.807, 2.05) is 19.9 Å². The van der Waals surface area contributed by atoms with E-state index in [9.17, 15) is 9.90 Å². The maximum Gasteiger partial charge on any atom is 0.310 e. The van der Waals surface area contributed by atoms with E-state index >= 15 is 0 Å². The summed E-state index contributed by atoms with van der Waals surface area (Å²) in [5, 5.41) is 9.40. The Morgan fingerprint density at radius 2 is 2.05 bits per heavy atom. The average molecular weight is 283 g/mol. The Morgan fingerprint density at radius 1 is 1.42 bits per heavy atom. The number of hydrogen-bond acceptors (Lipinski definition) is 4. The van der Waals surface area contributed by atoms with Crippen molar-refractivity contribution >= 4 is 23.4 Å². The molecule has 0 aliphatic heterocycles. The molecule has 5 heteroatoms. The lowest BCUT2D eigenvalue weighted by atomic mass is 9.85. The van der Waals surface area contributed by atoms with Crippen molar-refractivity contribution < 1.29 is 14.6 Å². The van der Waals surface area contributed by atoms with Crippen molar-refractivity contribution in [3.05, 3.63) is 18.2 Å². The molecule has 0 saturated carbocycles. The van der Waals surface area contributed by atoms with Gasteiger partial charge in [0.25, 0.3) is 0 Å². The number of carboxylic acid groups (broad SMARTS) is 1. The number of hydrogen-bond donors (Lipinski definition) is 2. The van der Waals surface area contributed by atoms with Gasteiger partial charge in [0.15, 0.2) is 0 Å². The van der Waals surface area contributed by atoms with Crippen molar-refractivity contribution in [1.29, 1.82) is 0 Å². The number of carbonyl (C=O) groups is 1. The van der Waals surface area contributed by atoms with E-state index in [0.29, 0.717) is 24.3 Å². The van der Waals surface area contributed by atoms with E-state index in [4.69, 9.17) is 10.5 Å². The molecule has 0 amide bonds. The predicted molar refractivity (Wildman–Crippen MR) is 78.8 cm³/mol. The molecule has 3 N–H and O–H groups in total. The van der Waals surface area contributed by atoms with Crippen molar-refractivity contribution in [2.45, 2.75) is 31.6 Å². The van der Waals surface area contributed by atoms with Gasteiger partial charge >= 0.3 is 5.97 Å². The molecule has 0 heterocycles. The number of ether oxygens (including phenoxy) is 1. The first-order chi connectivity index (χ1) is 8.99. The topological polar surface area (TPSA) is 72.5 Å². The third-order valence-electron chi connectivity index (χ3n) is 3.53. The van der Waals surface area contributed by atoms with Gasteiger partial charge in [0.1, 0.15) is 5.75 Å². The molecule has 0 radical (unpaired) electrons. The summed E-state index contributed by atoms with van der Waals surface area (Å²) in [5.41, 5.74) is 5.86. The predicted octanol–water partition coefficient (Wildman–Crippen LogP) is 3.26. The van der Waals surface area contributed by atoms with Crippen LogP contribution < -0.4 is 10.5 Å². The molecule has 0 spiro atoms. The first kappa shape index (κ1) is 15.7. The lowest BCUT2D eigenvalue weighted by Crippen LogP contribution is -2.32. The number of rotatable bonds is 7. The van der Waals surface area contributed by atoms with E-state index in [1.54, 1.807) is 19.2 Å². The van der Waals surface area contributed by atoms with Crippen LogP contribution in [0.25, 0.3) is 0 Å². The highest BCUT2D eigenvalue weighted by Crippen LogP contribution is 2.37. The van der Waals surface area contributed by atoms with Crippen LogP contribution in [0.5, 0.6) is 5.75 Å². The minimum Gasteiger partial charge on any atom is -0.497 e. The highest BCUT2D eigenvalue weighted by molar-refractivity contribution is 7.99. The van der Waals surface area contributed by atoms with Crippen molar-refractivity contribution in [3.63, 3.8) is 0 Å². The monoisotopic (exact) mass is 283 g/mol. The second-order valence-corrected chi connectivity index (χ2v) is 5.50. The van der Waals surface area contributed by atoms with Crippen LogP contribution in [0.3, 0.4) is 0 Å². The molecule has 1 aromatic carbocycles. The van der Waals surface area contributed by atoms with Crippen LogP contribution >= 0.6 is 11.8 Å². The zero-order valence-corrected chi connectivity index (χ0v) is 12.4. The largest absolute Gasteiger partial charge is 0.497 e. The maximum absolute atomic E-state index is 11.4. The van der Waals surface area contributed by atoms with E-state index in [1.165, 1.54) is 11.8 Å². The van der Waals surface area contributed by atoms with Crippen molar-refractivity contribution in [3.8, 4) is 5.75 Å². The van der Waals surface area contributed by atoms with Gasteiger partial charge in [0.2, 0.25) is 0 Å². The molecule has 1 rings (SSSR count). The number of methoxy groups -OCH3 is 1. The quantitative estimate of drug-likeness (QED) is 0.593. The van der Waals surface area contributed by atoms with Gasteiger partial charge in [0, 0.05) is 16.3 Å². The number of benzene rings is 1. The zero-order chi connectivity index (χ0) is 14.5. The summed E-state index contributed by atoms with van der Waals surface area (Å²) >= 11 is 1.48. The maximum atomic E-state index is 11.4. The van der Waals surface area contributed by atoms with Crippen LogP contribution in [0.1, 0.15) is 26.7 Å². The fraction of sp³-hybridized carbons (Fsp3) is 0.500. The SMILES string of the molecule is CCC(CC)(CSc1cc(OC)ccc1N)C(=O)O. The highest BCUT2D eigenvalue weighted by Gasteiger charge is 2.34.